The van der Waals surface area contributed by atoms with E-state index in [1.807, 2.05) is 62.5 Å². The number of pyridine rings is 2. The summed E-state index contributed by atoms with van der Waals surface area (Å²) in [4.78, 5) is 14.1. The van der Waals surface area contributed by atoms with E-state index in [-0.39, 0.29) is 20.1 Å². The molecule has 1 radical (unpaired) electrons. The average Bonchev–Trinajstić information content (AvgIpc) is 3.54. The first-order valence-electron chi connectivity index (χ1n) is 15.6. The van der Waals surface area contributed by atoms with E-state index in [2.05, 4.69) is 90.2 Å². The van der Waals surface area contributed by atoms with Gasteiger partial charge < -0.3 is 8.98 Å². The Kier molecular flexibility index (Phi) is 10.0. The number of fused-ring (bicyclic) bond motifs is 4. The van der Waals surface area contributed by atoms with Crippen molar-refractivity contribution in [3.63, 3.8) is 0 Å². The number of hydrogen-bond acceptors (Lipinski definition) is 4. The van der Waals surface area contributed by atoms with Crippen LogP contribution in [0.25, 0.3) is 55.7 Å². The molecule has 0 N–H and O–H groups in total. The molecule has 0 aliphatic rings. The van der Waals surface area contributed by atoms with Crippen molar-refractivity contribution in [3.8, 4) is 22.6 Å². The molecule has 0 amide bonds. The summed E-state index contributed by atoms with van der Waals surface area (Å²) in [5.41, 5.74) is 10.1. The normalized spacial score (nSPS) is 11.6. The summed E-state index contributed by atoms with van der Waals surface area (Å²) in [5, 5.41) is 2.08. The van der Waals surface area contributed by atoms with Gasteiger partial charge >= 0.3 is 126 Å². The molecule has 0 aliphatic carbocycles. The van der Waals surface area contributed by atoms with E-state index >= 15 is 0 Å². The van der Waals surface area contributed by atoms with Crippen LogP contribution in [0, 0.1) is 31.9 Å². The van der Waals surface area contributed by atoms with E-state index in [1.165, 1.54) is 5.56 Å². The Labute approximate surface area is 288 Å². The molecule has 7 aromatic rings. The fraction of sp³-hybridized carbons (Fsp3) is 0.256. The van der Waals surface area contributed by atoms with Crippen LogP contribution < -0.4 is 4.40 Å². The number of benzene rings is 3. The third-order valence-electron chi connectivity index (χ3n) is 8.29. The first kappa shape index (κ1) is 33.8. The minimum absolute atomic E-state index is 0. The van der Waals surface area contributed by atoms with Crippen LogP contribution in [0.5, 0.6) is 0 Å². The van der Waals surface area contributed by atoms with Crippen LogP contribution in [0.1, 0.15) is 30.7 Å². The Hall–Kier alpha value is -3.58. The maximum atomic E-state index is 6.13. The third kappa shape index (κ3) is 6.76. The van der Waals surface area contributed by atoms with Crippen molar-refractivity contribution in [2.45, 2.75) is 51.4 Å². The number of para-hydroxylation sites is 2. The van der Waals surface area contributed by atoms with E-state index in [4.69, 9.17) is 14.4 Å². The summed E-state index contributed by atoms with van der Waals surface area (Å²) < 4.78 is 9.75. The van der Waals surface area contributed by atoms with Crippen LogP contribution in [0.15, 0.2) is 83.4 Å². The van der Waals surface area contributed by atoms with Gasteiger partial charge in [-0.25, -0.2) is 4.98 Å². The number of furan rings is 1. The topological polar surface area (TPSA) is 56.7 Å². The minimum atomic E-state index is -1.86. The molecule has 0 spiro atoms. The molecule has 0 saturated carbocycles. The first-order valence-corrected chi connectivity index (χ1v) is 22.9. The zero-order valence-electron chi connectivity index (χ0n) is 27.8. The van der Waals surface area contributed by atoms with Gasteiger partial charge in [0, 0.05) is 38.2 Å². The number of rotatable bonds is 5. The first-order chi connectivity index (χ1) is 21.5. The largest absolute Gasteiger partial charge is 0.486 e. The summed E-state index contributed by atoms with van der Waals surface area (Å²) in [6.45, 7) is 8.64. The van der Waals surface area contributed by atoms with Crippen LogP contribution >= 0.6 is 0 Å². The van der Waals surface area contributed by atoms with E-state index in [0.717, 1.165) is 67.7 Å². The molecule has 3 aromatic carbocycles. The van der Waals surface area contributed by atoms with Gasteiger partial charge in [-0.2, -0.15) is 0 Å². The van der Waals surface area contributed by atoms with Crippen molar-refractivity contribution in [2.75, 3.05) is 0 Å². The fourth-order valence-electron chi connectivity index (χ4n) is 5.87. The van der Waals surface area contributed by atoms with Crippen molar-refractivity contribution in [1.82, 2.24) is 19.5 Å². The van der Waals surface area contributed by atoms with Crippen molar-refractivity contribution in [2.24, 2.45) is 13.0 Å². The van der Waals surface area contributed by atoms with Crippen LogP contribution in [0.3, 0.4) is 0 Å². The summed E-state index contributed by atoms with van der Waals surface area (Å²) in [6, 6.07) is 31.2. The third-order valence-corrected chi connectivity index (χ3v) is 12.6. The molecule has 7 heteroatoms. The van der Waals surface area contributed by atoms with Gasteiger partial charge in [0.2, 0.25) is 5.71 Å². The predicted octanol–water partition coefficient (Wildman–Crippen LogP) is 9.24. The van der Waals surface area contributed by atoms with Crippen LogP contribution in [0.4, 0.5) is 0 Å². The molecule has 5 nitrogen and oxygen atoms in total. The second kappa shape index (κ2) is 13.6. The molecule has 46 heavy (non-hydrogen) atoms. The Morgan fingerprint density at radius 3 is 2.35 bits per heavy atom. The Morgan fingerprint density at radius 1 is 0.891 bits per heavy atom. The van der Waals surface area contributed by atoms with E-state index in [0.29, 0.717) is 11.6 Å². The van der Waals surface area contributed by atoms with Crippen LogP contribution in [0.2, 0.25) is 17.3 Å². The number of aromatic nitrogens is 4. The van der Waals surface area contributed by atoms with Gasteiger partial charge in [0.15, 0.2) is 0 Å². The summed E-state index contributed by atoms with van der Waals surface area (Å²) in [5.74, 6) is 8.84. The van der Waals surface area contributed by atoms with Gasteiger partial charge in [-0.05, 0) is 37.6 Å². The molecule has 0 aliphatic heterocycles. The molecule has 0 saturated heterocycles. The van der Waals surface area contributed by atoms with Gasteiger partial charge in [-0.1, -0.05) is 23.1 Å². The van der Waals surface area contributed by atoms with Gasteiger partial charge in [0.05, 0.1) is 22.4 Å². The monoisotopic (exact) mass is 847 g/mol. The molecule has 4 aromatic heterocycles. The quantitative estimate of drug-likeness (QED) is 0.128. The van der Waals surface area contributed by atoms with Crippen LogP contribution in [-0.4, -0.2) is 32.8 Å². The van der Waals surface area contributed by atoms with E-state index in [1.54, 1.807) is 4.40 Å². The molecule has 0 unspecified atom stereocenters. The molecule has 7 rings (SSSR count). The Bertz CT molecular complexity index is 2140. The average molecular weight is 846 g/mol. The maximum Gasteiger partial charge on any atom is 0.216 e. The second-order valence-corrected chi connectivity index (χ2v) is 23.8. The number of nitrogens with zero attached hydrogens (tertiary/aromatic N) is 4. The minimum Gasteiger partial charge on any atom is -0.486 e. The molecule has 237 valence electrons. The van der Waals surface area contributed by atoms with E-state index < -0.39 is 13.3 Å². The Balaban J connectivity index is 0.000000182. The zero-order valence-corrected chi connectivity index (χ0v) is 32.3. The smallest absolute Gasteiger partial charge is 0.216 e. The Morgan fingerprint density at radius 2 is 1.65 bits per heavy atom. The maximum absolute atomic E-state index is 6.13. The van der Waals surface area contributed by atoms with Crippen molar-refractivity contribution in [3.05, 3.63) is 108 Å². The van der Waals surface area contributed by atoms with Crippen molar-refractivity contribution in [1.29, 1.82) is 0 Å². The molecule has 4 heterocycles. The molecular formula is C39H40GeIrN4O-2. The number of hydrogen-bond donors (Lipinski definition) is 0. The van der Waals surface area contributed by atoms with Gasteiger partial charge in [0.25, 0.3) is 0 Å². The SMILES string of the molecule is CC(C)Cc1cc(-c2[c-]cccc2)nc[c]1[Ge]([CH3])([CH3])[CH3].Cc1cc2c(nc1C)oc1c(-c3nc4ccccc4n3C)[c-]ccc12.[Ir]. The van der Waals surface area contributed by atoms with Crippen molar-refractivity contribution >= 4 is 50.8 Å². The summed E-state index contributed by atoms with van der Waals surface area (Å²) in [6.07, 6.45) is 3.27. The van der Waals surface area contributed by atoms with Gasteiger partial charge in [-0.15, -0.1) is 18.2 Å². The van der Waals surface area contributed by atoms with Gasteiger partial charge in [-0.3, -0.25) is 4.98 Å². The summed E-state index contributed by atoms with van der Waals surface area (Å²) in [7, 11) is 2.02. The second-order valence-electron chi connectivity index (χ2n) is 13.3. The van der Waals surface area contributed by atoms with Crippen molar-refractivity contribution < 1.29 is 24.5 Å². The van der Waals surface area contributed by atoms with E-state index in [9.17, 15) is 0 Å². The standard InChI is InChI=1S/C21H16N3O.C18H24GeN.Ir/c1-12-11-16-14-7-6-8-15(19(14)25-21(16)22-13(12)2)20-23-17-9-4-5-10-18(17)24(20)3;1-14(2)11-16-12-18(15-9-7-6-8-10-15)20-13-17(16)19(3,4)5;/h4-7,9-11H,1-3H3;6-9,12-14H,11H2,1-5H3;/q2*-1;. The zero-order chi connectivity index (χ0) is 31.9. The molecule has 0 atom stereocenters. The molecule has 0 fully saturated rings. The predicted molar refractivity (Wildman–Crippen MR) is 190 cm³/mol. The van der Waals surface area contributed by atoms with Crippen LogP contribution in [-0.2, 0) is 33.6 Å². The number of imidazole rings is 1. The number of aryl methyl sites for hydroxylation is 3. The molecular weight excluding hydrogens is 805 g/mol. The molecule has 0 bridgehead atoms. The summed E-state index contributed by atoms with van der Waals surface area (Å²) >= 11 is -1.86. The fourth-order valence-corrected chi connectivity index (χ4v) is 9.20. The van der Waals surface area contributed by atoms with Gasteiger partial charge in [0.1, 0.15) is 0 Å².